The summed E-state index contributed by atoms with van der Waals surface area (Å²) in [5, 5.41) is 3.97. The zero-order valence-electron chi connectivity index (χ0n) is 12.3. The summed E-state index contributed by atoms with van der Waals surface area (Å²) in [7, 11) is -2.92. The quantitative estimate of drug-likeness (QED) is 0.811. The van der Waals surface area contributed by atoms with Gasteiger partial charge in [-0.25, -0.2) is 8.42 Å². The van der Waals surface area contributed by atoms with Crippen molar-refractivity contribution < 1.29 is 12.9 Å². The Morgan fingerprint density at radius 1 is 1.36 bits per heavy atom. The molecule has 1 unspecified atom stereocenters. The van der Waals surface area contributed by atoms with Crippen LogP contribution < -0.4 is 0 Å². The highest BCUT2D eigenvalue weighted by atomic mass is 32.2. The minimum Gasteiger partial charge on any atom is -0.338 e. The van der Waals surface area contributed by atoms with Gasteiger partial charge in [-0.2, -0.15) is 4.98 Å². The first-order chi connectivity index (χ1) is 10.5. The van der Waals surface area contributed by atoms with Gasteiger partial charge in [0.15, 0.2) is 0 Å². The molecule has 0 saturated carbocycles. The topological polar surface area (TPSA) is 89.2 Å². The molecule has 0 aliphatic carbocycles. The van der Waals surface area contributed by atoms with Gasteiger partial charge in [0, 0.05) is 30.8 Å². The van der Waals surface area contributed by atoms with Crippen LogP contribution in [-0.4, -0.2) is 53.5 Å². The molecule has 3 heterocycles. The summed E-state index contributed by atoms with van der Waals surface area (Å²) in [5.74, 6) is 1.53. The summed E-state index contributed by atoms with van der Waals surface area (Å²) in [6.07, 6.45) is 5.54. The van der Waals surface area contributed by atoms with Crippen molar-refractivity contribution in [1.29, 1.82) is 0 Å². The highest BCUT2D eigenvalue weighted by molar-refractivity contribution is 7.90. The normalized spacial score (nSPS) is 19.6. The predicted octanol–water partition coefficient (Wildman–Crippen LogP) is 0.998. The van der Waals surface area contributed by atoms with Crippen LogP contribution in [0.5, 0.6) is 0 Å². The van der Waals surface area contributed by atoms with Crippen molar-refractivity contribution in [3.63, 3.8) is 0 Å². The molecule has 2 aromatic rings. The maximum absolute atomic E-state index is 11.3. The molecule has 0 aromatic carbocycles. The van der Waals surface area contributed by atoms with Gasteiger partial charge in [0.05, 0.1) is 12.3 Å². The third-order valence-electron chi connectivity index (χ3n) is 3.67. The van der Waals surface area contributed by atoms with Gasteiger partial charge < -0.3 is 4.52 Å². The second-order valence-corrected chi connectivity index (χ2v) is 7.91. The molecule has 0 radical (unpaired) electrons. The van der Waals surface area contributed by atoms with E-state index in [1.807, 2.05) is 12.1 Å². The van der Waals surface area contributed by atoms with Gasteiger partial charge in [0.2, 0.25) is 11.7 Å². The Morgan fingerprint density at radius 2 is 2.14 bits per heavy atom. The number of likely N-dealkylation sites (tertiary alicyclic amines) is 1. The largest absolute Gasteiger partial charge is 0.338 e. The van der Waals surface area contributed by atoms with Crippen LogP contribution in [-0.2, 0) is 16.4 Å². The first-order valence-electron chi connectivity index (χ1n) is 7.13. The lowest BCUT2D eigenvalue weighted by atomic mass is 10.2. The number of sulfone groups is 1. The summed E-state index contributed by atoms with van der Waals surface area (Å²) >= 11 is 0. The standard InChI is InChI=1S/C14H18N4O3S/c1-22(19,20)10-11-4-7-18(8-11)9-13-16-14(17-21-13)12-2-5-15-6-3-12/h2-3,5-6,11H,4,7-10H2,1H3. The molecule has 1 fully saturated rings. The van der Waals surface area contributed by atoms with Crippen LogP contribution in [0.1, 0.15) is 12.3 Å². The Labute approximate surface area is 129 Å². The highest BCUT2D eigenvalue weighted by Gasteiger charge is 2.26. The lowest BCUT2D eigenvalue weighted by Crippen LogP contribution is -2.22. The maximum Gasteiger partial charge on any atom is 0.241 e. The maximum atomic E-state index is 11.3. The van der Waals surface area contributed by atoms with E-state index in [0.29, 0.717) is 18.3 Å². The summed E-state index contributed by atoms with van der Waals surface area (Å²) in [4.78, 5) is 10.5. The molecule has 8 heteroatoms. The number of nitrogens with zero attached hydrogens (tertiary/aromatic N) is 4. The first-order valence-corrected chi connectivity index (χ1v) is 9.19. The number of hydrogen-bond donors (Lipinski definition) is 0. The summed E-state index contributed by atoms with van der Waals surface area (Å²) in [6.45, 7) is 2.16. The van der Waals surface area contributed by atoms with Crippen molar-refractivity contribution in [3.05, 3.63) is 30.4 Å². The first kappa shape index (κ1) is 15.1. The summed E-state index contributed by atoms with van der Waals surface area (Å²) in [5.41, 5.74) is 0.862. The van der Waals surface area contributed by atoms with E-state index in [1.165, 1.54) is 6.26 Å². The van der Waals surface area contributed by atoms with Gasteiger partial charge in [-0.3, -0.25) is 9.88 Å². The molecule has 118 valence electrons. The minimum atomic E-state index is -2.92. The molecule has 2 aromatic heterocycles. The van der Waals surface area contributed by atoms with Crippen molar-refractivity contribution in [3.8, 4) is 11.4 Å². The summed E-state index contributed by atoms with van der Waals surface area (Å²) in [6, 6.07) is 3.65. The molecule has 0 amide bonds. The Morgan fingerprint density at radius 3 is 2.86 bits per heavy atom. The van der Waals surface area contributed by atoms with Gasteiger partial charge in [-0.15, -0.1) is 0 Å². The van der Waals surface area contributed by atoms with Crippen molar-refractivity contribution in [2.24, 2.45) is 5.92 Å². The van der Waals surface area contributed by atoms with Gasteiger partial charge in [0.25, 0.3) is 0 Å². The van der Waals surface area contributed by atoms with E-state index in [1.54, 1.807) is 12.4 Å². The average Bonchev–Trinajstić information content (AvgIpc) is 3.08. The van der Waals surface area contributed by atoms with Crippen molar-refractivity contribution >= 4 is 9.84 Å². The van der Waals surface area contributed by atoms with E-state index in [-0.39, 0.29) is 11.7 Å². The fourth-order valence-electron chi connectivity index (χ4n) is 2.75. The smallest absolute Gasteiger partial charge is 0.241 e. The molecule has 3 rings (SSSR count). The van der Waals surface area contributed by atoms with E-state index in [9.17, 15) is 8.42 Å². The molecule has 0 N–H and O–H groups in total. The van der Waals surface area contributed by atoms with Crippen LogP contribution in [0.15, 0.2) is 29.0 Å². The third kappa shape index (κ3) is 3.89. The second-order valence-electron chi connectivity index (χ2n) is 5.73. The van der Waals surface area contributed by atoms with E-state index in [2.05, 4.69) is 20.0 Å². The molecule has 1 saturated heterocycles. The Hall–Kier alpha value is -1.80. The van der Waals surface area contributed by atoms with E-state index in [0.717, 1.165) is 25.1 Å². The minimum absolute atomic E-state index is 0.192. The van der Waals surface area contributed by atoms with Crippen molar-refractivity contribution in [1.82, 2.24) is 20.0 Å². The lowest BCUT2D eigenvalue weighted by molar-refractivity contribution is 0.262. The molecular weight excluding hydrogens is 304 g/mol. The molecule has 1 atom stereocenters. The zero-order valence-corrected chi connectivity index (χ0v) is 13.2. The van der Waals surface area contributed by atoms with E-state index >= 15 is 0 Å². The Balaban J connectivity index is 1.60. The average molecular weight is 322 g/mol. The molecule has 22 heavy (non-hydrogen) atoms. The lowest BCUT2D eigenvalue weighted by Gasteiger charge is -2.12. The van der Waals surface area contributed by atoms with Crippen molar-refractivity contribution in [2.75, 3.05) is 25.1 Å². The number of aromatic nitrogens is 3. The fraction of sp³-hybridized carbons (Fsp3) is 0.500. The van der Waals surface area contributed by atoms with Crippen LogP contribution in [0.2, 0.25) is 0 Å². The van der Waals surface area contributed by atoms with Gasteiger partial charge in [-0.05, 0) is 31.0 Å². The fourth-order valence-corrected chi connectivity index (χ4v) is 3.88. The molecule has 0 spiro atoms. The van der Waals surface area contributed by atoms with Gasteiger partial charge in [0.1, 0.15) is 9.84 Å². The molecule has 0 bridgehead atoms. The highest BCUT2D eigenvalue weighted by Crippen LogP contribution is 2.21. The summed E-state index contributed by atoms with van der Waals surface area (Å²) < 4.78 is 28.0. The zero-order chi connectivity index (χ0) is 15.6. The van der Waals surface area contributed by atoms with Gasteiger partial charge in [-0.1, -0.05) is 5.16 Å². The number of rotatable bonds is 5. The van der Waals surface area contributed by atoms with E-state index in [4.69, 9.17) is 4.52 Å². The van der Waals surface area contributed by atoms with E-state index < -0.39 is 9.84 Å². The van der Waals surface area contributed by atoms with Crippen molar-refractivity contribution in [2.45, 2.75) is 13.0 Å². The Bertz CT molecular complexity index is 730. The second kappa shape index (κ2) is 6.13. The number of hydrogen-bond acceptors (Lipinski definition) is 7. The van der Waals surface area contributed by atoms with Crippen LogP contribution >= 0.6 is 0 Å². The SMILES string of the molecule is CS(=O)(=O)CC1CCN(Cc2nc(-c3ccncc3)no2)C1. The van der Waals surface area contributed by atoms with Crippen LogP contribution in [0, 0.1) is 5.92 Å². The van der Waals surface area contributed by atoms with Gasteiger partial charge >= 0.3 is 0 Å². The third-order valence-corrected chi connectivity index (χ3v) is 4.75. The Kier molecular flexibility index (Phi) is 4.21. The van der Waals surface area contributed by atoms with Crippen LogP contribution in [0.25, 0.3) is 11.4 Å². The molecule has 7 nitrogen and oxygen atoms in total. The molecule has 1 aliphatic rings. The predicted molar refractivity (Wildman–Crippen MR) is 80.6 cm³/mol. The monoisotopic (exact) mass is 322 g/mol. The van der Waals surface area contributed by atoms with Crippen LogP contribution in [0.4, 0.5) is 0 Å². The van der Waals surface area contributed by atoms with Crippen LogP contribution in [0.3, 0.4) is 0 Å². The molecule has 1 aliphatic heterocycles. The number of pyridine rings is 1. The molecular formula is C14H18N4O3S.